The monoisotopic (exact) mass is 560 g/mol. The van der Waals surface area contributed by atoms with Crippen molar-refractivity contribution in [1.29, 1.82) is 0 Å². The fraction of sp³-hybridized carbons (Fsp3) is 0.357. The Hall–Kier alpha value is -0.660. The molecule has 0 fully saturated rings. The van der Waals surface area contributed by atoms with E-state index in [9.17, 15) is 0 Å². The molecule has 2 aromatic carbocycles. The molecule has 0 heterocycles. The molecule has 32 heavy (non-hydrogen) atoms. The molecule has 2 aliphatic rings. The molecule has 0 aliphatic heterocycles. The van der Waals surface area contributed by atoms with Crippen LogP contribution in [0.25, 0.3) is 17.2 Å². The molecule has 0 spiro atoms. The summed E-state index contributed by atoms with van der Waals surface area (Å²) >= 11 is -1.91. The summed E-state index contributed by atoms with van der Waals surface area (Å²) in [5, 5.41) is 0. The van der Waals surface area contributed by atoms with Gasteiger partial charge in [-0.05, 0) is 0 Å². The quantitative estimate of drug-likeness (QED) is 0.326. The molecule has 0 radical (unpaired) electrons. The van der Waals surface area contributed by atoms with Crippen LogP contribution in [0.3, 0.4) is 0 Å². The van der Waals surface area contributed by atoms with Crippen molar-refractivity contribution < 1.29 is 20.4 Å². The number of hydrogen-bond acceptors (Lipinski definition) is 0. The third-order valence-corrected chi connectivity index (χ3v) is 26.2. The Morgan fingerprint density at radius 3 is 2.06 bits per heavy atom. The topological polar surface area (TPSA) is 0 Å². The fourth-order valence-electron chi connectivity index (χ4n) is 5.49. The number of allylic oxidation sites excluding steroid dienone is 5. The second-order valence-corrected chi connectivity index (χ2v) is 26.5. The van der Waals surface area contributed by atoms with Crippen molar-refractivity contribution in [2.24, 2.45) is 5.92 Å². The molecule has 2 unspecified atom stereocenters. The van der Waals surface area contributed by atoms with E-state index in [0.717, 1.165) is 3.63 Å². The molecule has 0 saturated heterocycles. The van der Waals surface area contributed by atoms with Crippen molar-refractivity contribution in [3.8, 4) is 11.1 Å². The maximum Gasteiger partial charge on any atom is -0.147 e. The van der Waals surface area contributed by atoms with Gasteiger partial charge in [-0.25, -0.2) is 0 Å². The van der Waals surface area contributed by atoms with Crippen LogP contribution in [0.1, 0.15) is 55.8 Å². The minimum atomic E-state index is -1.91. The molecule has 170 valence electrons. The largest absolute Gasteiger partial charge is 0.147 e. The van der Waals surface area contributed by atoms with E-state index in [1.807, 2.05) is 3.28 Å². The SMILES string of the molecule is CCC1=Cc2c(-c3ccccc3)cccc2[CH]1[Zr]([C]1=C(C)C(C)=C(C)C1C)=[Si](C)C.Cl.Cl. The Balaban J connectivity index is 0.00000181. The molecule has 0 aromatic heterocycles. The summed E-state index contributed by atoms with van der Waals surface area (Å²) in [6, 6.07) is 18.1. The zero-order valence-electron chi connectivity index (χ0n) is 20.4. The summed E-state index contributed by atoms with van der Waals surface area (Å²) in [5.74, 6) is 0.666. The normalized spacial score (nSPS) is 19.3. The average Bonchev–Trinajstić information content (AvgIpc) is 3.21. The van der Waals surface area contributed by atoms with Crippen molar-refractivity contribution in [3.63, 3.8) is 0 Å². The first-order chi connectivity index (χ1) is 14.4. The van der Waals surface area contributed by atoms with Gasteiger partial charge >= 0.3 is 192 Å². The number of hydrogen-bond donors (Lipinski definition) is 0. The molecular weight excluding hydrogens is 527 g/mol. The molecular formula is C28H36Cl2SiZr. The van der Waals surface area contributed by atoms with Crippen molar-refractivity contribution >= 4 is 36.3 Å². The average molecular weight is 563 g/mol. The van der Waals surface area contributed by atoms with Crippen LogP contribution >= 0.6 is 24.8 Å². The van der Waals surface area contributed by atoms with Gasteiger partial charge in [-0.2, -0.15) is 0 Å². The molecule has 0 nitrogen and oxygen atoms in total. The van der Waals surface area contributed by atoms with Gasteiger partial charge < -0.3 is 0 Å². The van der Waals surface area contributed by atoms with Crippen molar-refractivity contribution in [2.45, 2.75) is 57.8 Å². The first-order valence-corrected chi connectivity index (χ1v) is 20.1. The van der Waals surface area contributed by atoms with E-state index in [1.165, 1.54) is 23.1 Å². The van der Waals surface area contributed by atoms with Crippen LogP contribution in [0, 0.1) is 5.92 Å². The van der Waals surface area contributed by atoms with Gasteiger partial charge in [0.05, 0.1) is 0 Å². The van der Waals surface area contributed by atoms with Crippen LogP contribution in [0.2, 0.25) is 13.1 Å². The second kappa shape index (κ2) is 11.2. The van der Waals surface area contributed by atoms with Crippen LogP contribution in [0.15, 0.2) is 74.1 Å². The summed E-state index contributed by atoms with van der Waals surface area (Å²) < 4.78 is 2.65. The van der Waals surface area contributed by atoms with E-state index in [0.29, 0.717) is 5.92 Å². The van der Waals surface area contributed by atoms with Gasteiger partial charge in [0.25, 0.3) is 0 Å². The van der Waals surface area contributed by atoms with E-state index < -0.39 is 20.4 Å². The first-order valence-electron chi connectivity index (χ1n) is 11.3. The molecule has 2 aromatic rings. The number of benzene rings is 2. The summed E-state index contributed by atoms with van der Waals surface area (Å²) in [6.45, 7) is 17.3. The van der Waals surface area contributed by atoms with Gasteiger partial charge in [-0.3, -0.25) is 0 Å². The maximum absolute atomic E-state index is 2.61. The molecule has 2 aliphatic carbocycles. The van der Waals surface area contributed by atoms with E-state index in [-0.39, 0.29) is 30.2 Å². The van der Waals surface area contributed by atoms with Crippen LogP contribution in [0.5, 0.6) is 0 Å². The van der Waals surface area contributed by atoms with E-state index >= 15 is 0 Å². The molecule has 0 N–H and O–H groups in total. The van der Waals surface area contributed by atoms with E-state index in [1.54, 1.807) is 27.9 Å². The van der Waals surface area contributed by atoms with Crippen LogP contribution in [-0.4, -0.2) is 5.43 Å². The van der Waals surface area contributed by atoms with Crippen LogP contribution < -0.4 is 0 Å². The molecule has 4 rings (SSSR count). The third kappa shape index (κ3) is 4.63. The number of rotatable bonds is 4. The summed E-state index contributed by atoms with van der Waals surface area (Å²) in [6.07, 6.45) is 3.76. The summed E-state index contributed by atoms with van der Waals surface area (Å²) in [4.78, 5) is 0. The number of halogens is 2. The second-order valence-electron chi connectivity index (χ2n) is 9.16. The van der Waals surface area contributed by atoms with Crippen molar-refractivity contribution in [3.05, 3.63) is 85.2 Å². The van der Waals surface area contributed by atoms with Gasteiger partial charge in [0.2, 0.25) is 0 Å². The van der Waals surface area contributed by atoms with Crippen LogP contribution in [-0.2, 0) is 20.4 Å². The van der Waals surface area contributed by atoms with Gasteiger partial charge in [-0.15, -0.1) is 24.8 Å². The standard InChI is InChI=1S/C17H15.C9H13.C2H6Si.2ClH.Zr/c1-2-13-11-15-9-6-10-16(17(15)12-13)14-7-4-3-5-8-14;1-6-5-7(2)9(4)8(6)3;1-3-2;;;/h3-12H,2H2,1H3;6H,1-4H3;1-2H3;2*1H;. The maximum atomic E-state index is 2.61. The van der Waals surface area contributed by atoms with E-state index in [4.69, 9.17) is 0 Å². The molecule has 2 atom stereocenters. The van der Waals surface area contributed by atoms with Crippen LogP contribution in [0.4, 0.5) is 0 Å². The smallest absolute Gasteiger partial charge is 0.147 e. The summed E-state index contributed by atoms with van der Waals surface area (Å²) in [7, 11) is 0. The van der Waals surface area contributed by atoms with E-state index in [2.05, 4.69) is 102 Å². The molecule has 0 bridgehead atoms. The van der Waals surface area contributed by atoms with Gasteiger partial charge in [-0.1, -0.05) is 0 Å². The zero-order valence-corrected chi connectivity index (χ0v) is 25.5. The van der Waals surface area contributed by atoms with Gasteiger partial charge in [0, 0.05) is 0 Å². The Morgan fingerprint density at radius 2 is 1.53 bits per heavy atom. The van der Waals surface area contributed by atoms with Crippen molar-refractivity contribution in [2.75, 3.05) is 0 Å². The first kappa shape index (κ1) is 27.6. The van der Waals surface area contributed by atoms with Crippen molar-refractivity contribution in [1.82, 2.24) is 0 Å². The predicted octanol–water partition coefficient (Wildman–Crippen LogP) is 9.17. The fourth-order valence-corrected chi connectivity index (χ4v) is 26.1. The summed E-state index contributed by atoms with van der Waals surface area (Å²) in [5.41, 5.74) is 12.2. The Labute approximate surface area is 215 Å². The van der Waals surface area contributed by atoms with Gasteiger partial charge in [0.1, 0.15) is 0 Å². The Bertz CT molecular complexity index is 1140. The third-order valence-electron chi connectivity index (χ3n) is 7.40. The minimum absolute atomic E-state index is 0. The molecule has 4 heteroatoms. The van der Waals surface area contributed by atoms with Gasteiger partial charge in [0.15, 0.2) is 0 Å². The molecule has 0 saturated carbocycles. The molecule has 0 amide bonds. The zero-order chi connectivity index (χ0) is 21.6. The predicted molar refractivity (Wildman–Crippen MR) is 145 cm³/mol. The Morgan fingerprint density at radius 1 is 0.875 bits per heavy atom. The number of fused-ring (bicyclic) bond motifs is 1. The minimum Gasteiger partial charge on any atom is -0.147 e. The Kier molecular flexibility index (Phi) is 9.63.